The number of rotatable bonds is 2. The summed E-state index contributed by atoms with van der Waals surface area (Å²) in [5.74, 6) is 0. The Morgan fingerprint density at radius 1 is 1.33 bits per heavy atom. The summed E-state index contributed by atoms with van der Waals surface area (Å²) in [6.07, 6.45) is 1.90. The molecular formula is C13H19NO. The second-order valence-corrected chi connectivity index (χ2v) is 4.76. The molecule has 1 aromatic carbocycles. The lowest BCUT2D eigenvalue weighted by molar-refractivity contribution is 0.178. The van der Waals surface area contributed by atoms with Gasteiger partial charge in [0, 0.05) is 12.1 Å². The van der Waals surface area contributed by atoms with Crippen LogP contribution in [0, 0.1) is 13.8 Å². The molecule has 1 aliphatic rings. The number of hydrogen-bond donors (Lipinski definition) is 1. The van der Waals surface area contributed by atoms with Crippen molar-refractivity contribution >= 4 is 0 Å². The molecular weight excluding hydrogens is 186 g/mol. The van der Waals surface area contributed by atoms with Gasteiger partial charge in [-0.3, -0.25) is 0 Å². The van der Waals surface area contributed by atoms with Crippen LogP contribution in [0.1, 0.15) is 23.1 Å². The van der Waals surface area contributed by atoms with Crippen LogP contribution >= 0.6 is 0 Å². The first-order valence-corrected chi connectivity index (χ1v) is 5.52. The molecule has 82 valence electrons. The minimum Gasteiger partial charge on any atom is -0.379 e. The Balaban J connectivity index is 2.13. The summed E-state index contributed by atoms with van der Waals surface area (Å²) in [6.45, 7) is 5.78. The Bertz CT molecular complexity index is 354. The van der Waals surface area contributed by atoms with E-state index in [2.05, 4.69) is 32.0 Å². The van der Waals surface area contributed by atoms with Crippen LogP contribution in [0.25, 0.3) is 0 Å². The fraction of sp³-hybridized carbons (Fsp3) is 0.538. The van der Waals surface area contributed by atoms with Crippen LogP contribution in [0.4, 0.5) is 0 Å². The van der Waals surface area contributed by atoms with Crippen molar-refractivity contribution in [2.24, 2.45) is 5.73 Å². The molecule has 1 fully saturated rings. The SMILES string of the molecule is Cc1ccc(CC2(N)CCOC2)cc1C. The van der Waals surface area contributed by atoms with Gasteiger partial charge >= 0.3 is 0 Å². The Morgan fingerprint density at radius 3 is 2.73 bits per heavy atom. The van der Waals surface area contributed by atoms with E-state index in [1.165, 1.54) is 16.7 Å². The first-order valence-electron chi connectivity index (χ1n) is 5.52. The second-order valence-electron chi connectivity index (χ2n) is 4.76. The summed E-state index contributed by atoms with van der Waals surface area (Å²) in [5.41, 5.74) is 10.1. The maximum absolute atomic E-state index is 6.25. The van der Waals surface area contributed by atoms with Crippen molar-refractivity contribution in [1.82, 2.24) is 0 Å². The van der Waals surface area contributed by atoms with Crippen LogP contribution in [0.3, 0.4) is 0 Å². The molecule has 1 atom stereocenters. The third-order valence-electron chi connectivity index (χ3n) is 3.26. The predicted octanol–water partition coefficient (Wildman–Crippen LogP) is 1.96. The van der Waals surface area contributed by atoms with Crippen molar-refractivity contribution in [2.75, 3.05) is 13.2 Å². The van der Waals surface area contributed by atoms with Gasteiger partial charge in [-0.25, -0.2) is 0 Å². The summed E-state index contributed by atoms with van der Waals surface area (Å²) in [5, 5.41) is 0. The highest BCUT2D eigenvalue weighted by atomic mass is 16.5. The topological polar surface area (TPSA) is 35.2 Å². The van der Waals surface area contributed by atoms with E-state index in [1.54, 1.807) is 0 Å². The highest BCUT2D eigenvalue weighted by molar-refractivity contribution is 5.31. The Hall–Kier alpha value is -0.860. The fourth-order valence-corrected chi connectivity index (χ4v) is 2.08. The minimum atomic E-state index is -0.137. The molecule has 1 saturated heterocycles. The Morgan fingerprint density at radius 2 is 2.13 bits per heavy atom. The molecule has 1 aromatic rings. The van der Waals surface area contributed by atoms with E-state index < -0.39 is 0 Å². The summed E-state index contributed by atoms with van der Waals surface area (Å²) in [7, 11) is 0. The standard InChI is InChI=1S/C13H19NO/c1-10-3-4-12(7-11(10)2)8-13(14)5-6-15-9-13/h3-4,7H,5-6,8-9,14H2,1-2H3. The average molecular weight is 205 g/mol. The van der Waals surface area contributed by atoms with Gasteiger partial charge in [0.15, 0.2) is 0 Å². The summed E-state index contributed by atoms with van der Waals surface area (Å²) in [6, 6.07) is 6.58. The predicted molar refractivity (Wildman–Crippen MR) is 62.0 cm³/mol. The highest BCUT2D eigenvalue weighted by Gasteiger charge is 2.30. The maximum Gasteiger partial charge on any atom is 0.0650 e. The third-order valence-corrected chi connectivity index (χ3v) is 3.26. The van der Waals surface area contributed by atoms with Crippen molar-refractivity contribution in [3.63, 3.8) is 0 Å². The van der Waals surface area contributed by atoms with Crippen molar-refractivity contribution < 1.29 is 4.74 Å². The molecule has 15 heavy (non-hydrogen) atoms. The van der Waals surface area contributed by atoms with Crippen LogP contribution in [0.5, 0.6) is 0 Å². The average Bonchev–Trinajstić information content (AvgIpc) is 2.59. The Labute approximate surface area is 91.4 Å². The second kappa shape index (κ2) is 3.95. The molecule has 1 heterocycles. The van der Waals surface area contributed by atoms with Gasteiger partial charge in [-0.05, 0) is 43.4 Å². The lowest BCUT2D eigenvalue weighted by Gasteiger charge is -2.22. The largest absolute Gasteiger partial charge is 0.379 e. The van der Waals surface area contributed by atoms with Gasteiger partial charge in [-0.2, -0.15) is 0 Å². The fourth-order valence-electron chi connectivity index (χ4n) is 2.08. The normalized spacial score (nSPS) is 25.8. The number of benzene rings is 1. The zero-order valence-corrected chi connectivity index (χ0v) is 9.55. The molecule has 0 saturated carbocycles. The van der Waals surface area contributed by atoms with Crippen LogP contribution in [0.15, 0.2) is 18.2 Å². The van der Waals surface area contributed by atoms with Gasteiger partial charge in [-0.1, -0.05) is 18.2 Å². The molecule has 0 amide bonds. The van der Waals surface area contributed by atoms with Crippen LogP contribution < -0.4 is 5.73 Å². The van der Waals surface area contributed by atoms with Gasteiger partial charge in [-0.15, -0.1) is 0 Å². The lowest BCUT2D eigenvalue weighted by Crippen LogP contribution is -2.42. The highest BCUT2D eigenvalue weighted by Crippen LogP contribution is 2.22. The molecule has 1 aliphatic heterocycles. The molecule has 2 rings (SSSR count). The Kier molecular flexibility index (Phi) is 2.81. The van der Waals surface area contributed by atoms with Gasteiger partial charge in [0.1, 0.15) is 0 Å². The quantitative estimate of drug-likeness (QED) is 0.801. The smallest absolute Gasteiger partial charge is 0.0650 e. The number of hydrogen-bond acceptors (Lipinski definition) is 2. The monoisotopic (exact) mass is 205 g/mol. The van der Waals surface area contributed by atoms with E-state index in [0.29, 0.717) is 6.61 Å². The zero-order valence-electron chi connectivity index (χ0n) is 9.55. The summed E-state index contributed by atoms with van der Waals surface area (Å²) >= 11 is 0. The number of ether oxygens (including phenoxy) is 1. The van der Waals surface area contributed by atoms with E-state index in [1.807, 2.05) is 0 Å². The molecule has 2 nitrogen and oxygen atoms in total. The molecule has 2 N–H and O–H groups in total. The van der Waals surface area contributed by atoms with Crippen LogP contribution in [-0.2, 0) is 11.2 Å². The number of nitrogens with two attached hydrogens (primary N) is 1. The van der Waals surface area contributed by atoms with Crippen molar-refractivity contribution in [3.8, 4) is 0 Å². The third kappa shape index (κ3) is 2.39. The van der Waals surface area contributed by atoms with Crippen molar-refractivity contribution in [2.45, 2.75) is 32.2 Å². The van der Waals surface area contributed by atoms with Crippen LogP contribution in [-0.4, -0.2) is 18.8 Å². The maximum atomic E-state index is 6.25. The molecule has 0 radical (unpaired) electrons. The van der Waals surface area contributed by atoms with Crippen molar-refractivity contribution in [3.05, 3.63) is 34.9 Å². The molecule has 1 unspecified atom stereocenters. The summed E-state index contributed by atoms with van der Waals surface area (Å²) in [4.78, 5) is 0. The van der Waals surface area contributed by atoms with Crippen LogP contribution in [0.2, 0.25) is 0 Å². The molecule has 0 bridgehead atoms. The van der Waals surface area contributed by atoms with E-state index in [-0.39, 0.29) is 5.54 Å². The molecule has 0 aliphatic carbocycles. The van der Waals surface area contributed by atoms with Crippen molar-refractivity contribution in [1.29, 1.82) is 0 Å². The van der Waals surface area contributed by atoms with Gasteiger partial charge < -0.3 is 10.5 Å². The molecule has 0 spiro atoms. The van der Waals surface area contributed by atoms with Gasteiger partial charge in [0.2, 0.25) is 0 Å². The van der Waals surface area contributed by atoms with E-state index in [0.717, 1.165) is 19.4 Å². The first kappa shape index (κ1) is 10.7. The first-order chi connectivity index (χ1) is 7.09. The minimum absolute atomic E-state index is 0.137. The number of aryl methyl sites for hydroxylation is 2. The molecule has 0 aromatic heterocycles. The zero-order chi connectivity index (χ0) is 10.9. The summed E-state index contributed by atoms with van der Waals surface area (Å²) < 4.78 is 5.36. The van der Waals surface area contributed by atoms with E-state index in [9.17, 15) is 0 Å². The van der Waals surface area contributed by atoms with E-state index >= 15 is 0 Å². The molecule has 2 heteroatoms. The van der Waals surface area contributed by atoms with Gasteiger partial charge in [0.25, 0.3) is 0 Å². The van der Waals surface area contributed by atoms with Gasteiger partial charge in [0.05, 0.1) is 6.61 Å². The van der Waals surface area contributed by atoms with E-state index in [4.69, 9.17) is 10.5 Å². The lowest BCUT2D eigenvalue weighted by atomic mass is 9.90.